The first-order valence-electron chi connectivity index (χ1n) is 4.09. The number of carbonyl (C=O) groups is 1. The van der Waals surface area contributed by atoms with Gasteiger partial charge in [0.1, 0.15) is 0 Å². The molecule has 11 heavy (non-hydrogen) atoms. The fourth-order valence-electron chi connectivity index (χ4n) is 0.820. The number of carbonyl (C=O) groups excluding carboxylic acids is 1. The van der Waals surface area contributed by atoms with Gasteiger partial charge in [-0.3, -0.25) is 4.79 Å². The van der Waals surface area contributed by atoms with Crippen LogP contribution >= 0.6 is 0 Å². The van der Waals surface area contributed by atoms with E-state index in [1.165, 1.54) is 0 Å². The average Bonchev–Trinajstić information content (AvgIpc) is 2.03. The van der Waals surface area contributed by atoms with Gasteiger partial charge in [-0.15, -0.1) is 0 Å². The van der Waals surface area contributed by atoms with E-state index in [1.807, 2.05) is 6.92 Å². The summed E-state index contributed by atoms with van der Waals surface area (Å²) in [6, 6.07) is 0. The Labute approximate surface area is 68.7 Å². The predicted molar refractivity (Wildman–Crippen MR) is 47.3 cm³/mol. The molecule has 0 bridgehead atoms. The zero-order valence-electron chi connectivity index (χ0n) is 7.55. The highest BCUT2D eigenvalue weighted by molar-refractivity contribution is 5.77. The number of allylic oxidation sites excluding steroid dienone is 2. The van der Waals surface area contributed by atoms with Crippen molar-refractivity contribution >= 4 is 5.91 Å². The first-order valence-corrected chi connectivity index (χ1v) is 4.09. The summed E-state index contributed by atoms with van der Waals surface area (Å²) >= 11 is 0. The highest BCUT2D eigenvalue weighted by Crippen LogP contribution is 2.02. The summed E-state index contributed by atoms with van der Waals surface area (Å²) in [5.41, 5.74) is 0. The maximum Gasteiger partial charge on any atom is 0.222 e. The molecule has 0 aromatic rings. The lowest BCUT2D eigenvalue weighted by molar-refractivity contribution is -0.123. The standard InChI is InChI=1S/C9H17NO/c1-4-5-6-7-8(2)9(11)10-3/h5-6,8H,4,7H2,1-3H3,(H,10,11)/b6-5+. The Balaban J connectivity index is 3.59. The summed E-state index contributed by atoms with van der Waals surface area (Å²) in [5.74, 6) is 0.216. The zero-order chi connectivity index (χ0) is 8.69. The summed E-state index contributed by atoms with van der Waals surface area (Å²) < 4.78 is 0. The fraction of sp³-hybridized carbons (Fsp3) is 0.667. The van der Waals surface area contributed by atoms with Crippen molar-refractivity contribution < 1.29 is 4.79 Å². The molecule has 1 unspecified atom stereocenters. The molecule has 0 spiro atoms. The second-order valence-electron chi connectivity index (χ2n) is 2.63. The van der Waals surface area contributed by atoms with Crippen LogP contribution in [0, 0.1) is 5.92 Å². The SMILES string of the molecule is CC/C=C/CC(C)C(=O)NC. The van der Waals surface area contributed by atoms with Crippen molar-refractivity contribution in [1.82, 2.24) is 5.32 Å². The van der Waals surface area contributed by atoms with Gasteiger partial charge in [0.05, 0.1) is 0 Å². The van der Waals surface area contributed by atoms with Gasteiger partial charge >= 0.3 is 0 Å². The van der Waals surface area contributed by atoms with E-state index in [0.29, 0.717) is 0 Å². The molecule has 1 atom stereocenters. The Morgan fingerprint density at radius 2 is 2.18 bits per heavy atom. The fourth-order valence-corrected chi connectivity index (χ4v) is 0.820. The van der Waals surface area contributed by atoms with Crippen LogP contribution in [0.1, 0.15) is 26.7 Å². The summed E-state index contributed by atoms with van der Waals surface area (Å²) in [5, 5.41) is 2.62. The minimum absolute atomic E-state index is 0.0998. The molecule has 0 rings (SSSR count). The van der Waals surface area contributed by atoms with Crippen LogP contribution in [-0.4, -0.2) is 13.0 Å². The Morgan fingerprint density at radius 1 is 1.55 bits per heavy atom. The number of hydrogen-bond donors (Lipinski definition) is 1. The van der Waals surface area contributed by atoms with Gasteiger partial charge in [-0.05, 0) is 12.8 Å². The molecule has 0 aromatic carbocycles. The molecule has 0 aromatic heterocycles. The Bertz CT molecular complexity index is 140. The number of hydrogen-bond acceptors (Lipinski definition) is 1. The van der Waals surface area contributed by atoms with Crippen LogP contribution in [0.2, 0.25) is 0 Å². The summed E-state index contributed by atoms with van der Waals surface area (Å²) in [6.07, 6.45) is 6.02. The van der Waals surface area contributed by atoms with Crippen LogP contribution in [0.25, 0.3) is 0 Å². The molecule has 0 aliphatic heterocycles. The van der Waals surface area contributed by atoms with Gasteiger partial charge in [-0.25, -0.2) is 0 Å². The van der Waals surface area contributed by atoms with Crippen molar-refractivity contribution in [2.45, 2.75) is 26.7 Å². The molecule has 0 saturated heterocycles. The van der Waals surface area contributed by atoms with Crippen LogP contribution in [0.5, 0.6) is 0 Å². The number of amides is 1. The lowest BCUT2D eigenvalue weighted by Crippen LogP contribution is -2.24. The van der Waals surface area contributed by atoms with Crippen molar-refractivity contribution in [3.05, 3.63) is 12.2 Å². The van der Waals surface area contributed by atoms with Crippen molar-refractivity contribution in [3.63, 3.8) is 0 Å². The van der Waals surface area contributed by atoms with Crippen molar-refractivity contribution in [3.8, 4) is 0 Å². The minimum Gasteiger partial charge on any atom is -0.359 e. The topological polar surface area (TPSA) is 29.1 Å². The molecule has 0 aliphatic carbocycles. The van der Waals surface area contributed by atoms with Crippen LogP contribution in [0.3, 0.4) is 0 Å². The summed E-state index contributed by atoms with van der Waals surface area (Å²) in [6.45, 7) is 4.01. The maximum atomic E-state index is 11.0. The monoisotopic (exact) mass is 155 g/mol. The Hall–Kier alpha value is -0.790. The van der Waals surface area contributed by atoms with Crippen LogP contribution in [-0.2, 0) is 4.79 Å². The number of rotatable bonds is 4. The van der Waals surface area contributed by atoms with Gasteiger partial charge in [-0.1, -0.05) is 26.0 Å². The van der Waals surface area contributed by atoms with E-state index in [9.17, 15) is 4.79 Å². The van der Waals surface area contributed by atoms with Gasteiger partial charge in [0, 0.05) is 13.0 Å². The Morgan fingerprint density at radius 3 is 2.64 bits per heavy atom. The zero-order valence-corrected chi connectivity index (χ0v) is 7.55. The van der Waals surface area contributed by atoms with Crippen LogP contribution < -0.4 is 5.32 Å². The minimum atomic E-state index is 0.0998. The van der Waals surface area contributed by atoms with Crippen LogP contribution in [0.4, 0.5) is 0 Å². The smallest absolute Gasteiger partial charge is 0.222 e. The predicted octanol–water partition coefficient (Wildman–Crippen LogP) is 1.72. The van der Waals surface area contributed by atoms with E-state index < -0.39 is 0 Å². The van der Waals surface area contributed by atoms with Crippen LogP contribution in [0.15, 0.2) is 12.2 Å². The van der Waals surface area contributed by atoms with Gasteiger partial charge in [-0.2, -0.15) is 0 Å². The highest BCUT2D eigenvalue weighted by Gasteiger charge is 2.07. The van der Waals surface area contributed by atoms with E-state index in [2.05, 4.69) is 24.4 Å². The average molecular weight is 155 g/mol. The Kier molecular flexibility index (Phi) is 5.53. The molecule has 0 fully saturated rings. The second-order valence-corrected chi connectivity index (χ2v) is 2.63. The molecule has 0 heterocycles. The second kappa shape index (κ2) is 5.96. The van der Waals surface area contributed by atoms with E-state index in [4.69, 9.17) is 0 Å². The first-order chi connectivity index (χ1) is 5.22. The van der Waals surface area contributed by atoms with Gasteiger partial charge in [0.2, 0.25) is 5.91 Å². The first kappa shape index (κ1) is 10.2. The van der Waals surface area contributed by atoms with Crippen molar-refractivity contribution in [2.24, 2.45) is 5.92 Å². The summed E-state index contributed by atoms with van der Waals surface area (Å²) in [7, 11) is 1.67. The molecule has 2 heteroatoms. The molecule has 2 nitrogen and oxygen atoms in total. The van der Waals surface area contributed by atoms with E-state index in [1.54, 1.807) is 7.05 Å². The molecule has 1 N–H and O–H groups in total. The molecule has 64 valence electrons. The van der Waals surface area contributed by atoms with E-state index >= 15 is 0 Å². The van der Waals surface area contributed by atoms with E-state index in [-0.39, 0.29) is 11.8 Å². The normalized spacial score (nSPS) is 13.4. The molecule has 0 radical (unpaired) electrons. The third-order valence-electron chi connectivity index (χ3n) is 1.59. The third-order valence-corrected chi connectivity index (χ3v) is 1.59. The largest absolute Gasteiger partial charge is 0.359 e. The molecule has 0 aliphatic rings. The molecular formula is C9H17NO. The maximum absolute atomic E-state index is 11.0. The molecule has 0 saturated carbocycles. The molecule has 1 amide bonds. The molecular weight excluding hydrogens is 138 g/mol. The van der Waals surface area contributed by atoms with Gasteiger partial charge in [0.15, 0.2) is 0 Å². The van der Waals surface area contributed by atoms with Gasteiger partial charge in [0.25, 0.3) is 0 Å². The van der Waals surface area contributed by atoms with Crippen molar-refractivity contribution in [2.75, 3.05) is 7.05 Å². The lowest BCUT2D eigenvalue weighted by atomic mass is 10.1. The number of nitrogens with one attached hydrogen (secondary N) is 1. The third kappa shape index (κ3) is 4.59. The quantitative estimate of drug-likeness (QED) is 0.615. The van der Waals surface area contributed by atoms with E-state index in [0.717, 1.165) is 12.8 Å². The highest BCUT2D eigenvalue weighted by atomic mass is 16.1. The summed E-state index contributed by atoms with van der Waals surface area (Å²) in [4.78, 5) is 11.0. The lowest BCUT2D eigenvalue weighted by Gasteiger charge is -2.05. The van der Waals surface area contributed by atoms with Gasteiger partial charge < -0.3 is 5.32 Å². The van der Waals surface area contributed by atoms with Crippen molar-refractivity contribution in [1.29, 1.82) is 0 Å².